The van der Waals surface area contributed by atoms with Crippen LogP contribution < -0.4 is 0 Å². The molecule has 0 aliphatic rings. The van der Waals surface area contributed by atoms with Crippen molar-refractivity contribution < 1.29 is 4.79 Å². The fraction of sp³-hybridized carbons (Fsp3) is 0.100. The Bertz CT molecular complexity index is 492. The minimum atomic E-state index is 0.436. The lowest BCUT2D eigenvalue weighted by atomic mass is 10.1. The van der Waals surface area contributed by atoms with Gasteiger partial charge in [0.25, 0.3) is 0 Å². The van der Waals surface area contributed by atoms with E-state index in [2.05, 4.69) is 15.9 Å². The molecule has 1 heterocycles. The number of aldehydes is 1. The molecule has 0 aliphatic heterocycles. The first-order valence-corrected chi connectivity index (χ1v) is 6.17. The van der Waals surface area contributed by atoms with Gasteiger partial charge in [0.2, 0.25) is 0 Å². The van der Waals surface area contributed by atoms with Crippen molar-refractivity contribution >= 4 is 55.2 Å². The Kier molecular flexibility index (Phi) is 2.91. The third-order valence-corrected chi connectivity index (χ3v) is 4.32. The molecule has 4 heteroatoms. The lowest BCUT2D eigenvalue weighted by Gasteiger charge is -2.00. The maximum absolute atomic E-state index is 10.7. The van der Waals surface area contributed by atoms with E-state index in [-0.39, 0.29) is 0 Å². The monoisotopic (exact) mass is 288 g/mol. The lowest BCUT2D eigenvalue weighted by Crippen LogP contribution is -1.84. The third-order valence-electron chi connectivity index (χ3n) is 2.01. The molecular formula is C10H6BrClOS. The molecule has 0 unspecified atom stereocenters. The van der Waals surface area contributed by atoms with Crippen molar-refractivity contribution in [1.82, 2.24) is 0 Å². The first-order valence-electron chi connectivity index (χ1n) is 3.97. The Balaban J connectivity index is 2.82. The molecule has 0 aliphatic carbocycles. The van der Waals surface area contributed by atoms with Crippen LogP contribution in [0.25, 0.3) is 10.1 Å². The molecule has 0 bridgehead atoms. The number of carbonyl (C=O) groups excluding carboxylic acids is 1. The van der Waals surface area contributed by atoms with Crippen molar-refractivity contribution in [2.75, 3.05) is 0 Å². The highest BCUT2D eigenvalue weighted by Crippen LogP contribution is 2.34. The van der Waals surface area contributed by atoms with Crippen LogP contribution in [0.4, 0.5) is 0 Å². The minimum absolute atomic E-state index is 0.436. The van der Waals surface area contributed by atoms with Gasteiger partial charge in [-0.1, -0.05) is 0 Å². The van der Waals surface area contributed by atoms with Gasteiger partial charge in [0.15, 0.2) is 0 Å². The summed E-state index contributed by atoms with van der Waals surface area (Å²) in [7, 11) is 0. The molecule has 2 rings (SSSR count). The highest BCUT2D eigenvalue weighted by Gasteiger charge is 2.07. The standard InChI is InChI=1S/C10H6BrClOS/c11-9-5-14-10-7(3-12)1-6(4-13)2-8(9)10/h1-2,4-5H,3H2. The van der Waals surface area contributed by atoms with Gasteiger partial charge in [0.05, 0.1) is 0 Å². The van der Waals surface area contributed by atoms with Crippen molar-refractivity contribution in [3.63, 3.8) is 0 Å². The predicted octanol–water partition coefficient (Wildman–Crippen LogP) is 4.22. The molecule has 1 nitrogen and oxygen atoms in total. The van der Waals surface area contributed by atoms with Gasteiger partial charge >= 0.3 is 0 Å². The average molecular weight is 290 g/mol. The van der Waals surface area contributed by atoms with Crippen LogP contribution in [0.15, 0.2) is 22.0 Å². The number of hydrogen-bond donors (Lipinski definition) is 0. The Morgan fingerprint density at radius 2 is 2.29 bits per heavy atom. The normalized spacial score (nSPS) is 10.7. The smallest absolute Gasteiger partial charge is 0.150 e. The number of halogens is 2. The van der Waals surface area contributed by atoms with Crippen LogP contribution in [-0.4, -0.2) is 6.29 Å². The van der Waals surface area contributed by atoms with Crippen LogP contribution >= 0.6 is 38.9 Å². The fourth-order valence-corrected chi connectivity index (χ4v) is 3.31. The molecule has 1 aromatic carbocycles. The summed E-state index contributed by atoms with van der Waals surface area (Å²) >= 11 is 10.9. The topological polar surface area (TPSA) is 17.1 Å². The summed E-state index contributed by atoms with van der Waals surface area (Å²) in [5, 5.41) is 3.07. The predicted molar refractivity (Wildman–Crippen MR) is 64.5 cm³/mol. The molecular weight excluding hydrogens is 284 g/mol. The first-order chi connectivity index (χ1) is 6.76. The highest BCUT2D eigenvalue weighted by atomic mass is 79.9. The summed E-state index contributed by atoms with van der Waals surface area (Å²) in [6.07, 6.45) is 0.847. The van der Waals surface area contributed by atoms with Crippen molar-refractivity contribution in [1.29, 1.82) is 0 Å². The Hall–Kier alpha value is -0.380. The molecule has 72 valence electrons. The van der Waals surface area contributed by atoms with E-state index >= 15 is 0 Å². The van der Waals surface area contributed by atoms with Crippen LogP contribution in [0.2, 0.25) is 0 Å². The van der Waals surface area contributed by atoms with Gasteiger partial charge in [0, 0.05) is 31.4 Å². The SMILES string of the molecule is O=Cc1cc(CCl)c2scc(Br)c2c1. The highest BCUT2D eigenvalue weighted by molar-refractivity contribution is 9.10. The zero-order valence-corrected chi connectivity index (χ0v) is 10.2. The molecule has 0 spiro atoms. The molecule has 1 aromatic heterocycles. The second kappa shape index (κ2) is 4.01. The summed E-state index contributed by atoms with van der Waals surface area (Å²) in [6.45, 7) is 0. The minimum Gasteiger partial charge on any atom is -0.298 e. The summed E-state index contributed by atoms with van der Waals surface area (Å²) in [6, 6.07) is 3.71. The number of thiophene rings is 1. The molecule has 0 saturated heterocycles. The zero-order chi connectivity index (χ0) is 10.1. The number of fused-ring (bicyclic) bond motifs is 1. The van der Waals surface area contributed by atoms with Gasteiger partial charge in [-0.3, -0.25) is 4.79 Å². The van der Waals surface area contributed by atoms with E-state index in [1.165, 1.54) is 0 Å². The third kappa shape index (κ3) is 1.60. The Labute approximate surface area is 98.8 Å². The summed E-state index contributed by atoms with van der Waals surface area (Å²) < 4.78 is 2.17. The van der Waals surface area contributed by atoms with E-state index in [1.54, 1.807) is 11.3 Å². The van der Waals surface area contributed by atoms with Crippen molar-refractivity contribution in [2.45, 2.75) is 5.88 Å². The van der Waals surface area contributed by atoms with Crippen LogP contribution in [0, 0.1) is 0 Å². The van der Waals surface area contributed by atoms with Crippen LogP contribution in [0.1, 0.15) is 15.9 Å². The van der Waals surface area contributed by atoms with E-state index in [0.717, 1.165) is 26.4 Å². The van der Waals surface area contributed by atoms with Crippen LogP contribution in [0.5, 0.6) is 0 Å². The summed E-state index contributed by atoms with van der Waals surface area (Å²) in [5.74, 6) is 0.436. The maximum Gasteiger partial charge on any atom is 0.150 e. The van der Waals surface area contributed by atoms with Gasteiger partial charge in [-0.25, -0.2) is 0 Å². The lowest BCUT2D eigenvalue weighted by molar-refractivity contribution is 0.112. The zero-order valence-electron chi connectivity index (χ0n) is 7.09. The van der Waals surface area contributed by atoms with Gasteiger partial charge in [0.1, 0.15) is 6.29 Å². The fourth-order valence-electron chi connectivity index (χ4n) is 1.37. The molecule has 0 atom stereocenters. The van der Waals surface area contributed by atoms with Crippen LogP contribution in [-0.2, 0) is 5.88 Å². The number of benzene rings is 1. The number of hydrogen-bond acceptors (Lipinski definition) is 2. The van der Waals surface area contributed by atoms with Crippen molar-refractivity contribution in [3.05, 3.63) is 33.1 Å². The van der Waals surface area contributed by atoms with Gasteiger partial charge in [-0.2, -0.15) is 0 Å². The number of carbonyl (C=O) groups is 1. The molecule has 0 radical (unpaired) electrons. The van der Waals surface area contributed by atoms with Crippen molar-refractivity contribution in [3.8, 4) is 0 Å². The summed E-state index contributed by atoms with van der Waals surface area (Å²) in [4.78, 5) is 10.7. The molecule has 0 amide bonds. The van der Waals surface area contributed by atoms with Gasteiger partial charge in [-0.05, 0) is 33.6 Å². The van der Waals surface area contributed by atoms with E-state index in [9.17, 15) is 4.79 Å². The first kappa shape index (κ1) is 10.1. The second-order valence-electron chi connectivity index (χ2n) is 2.89. The second-order valence-corrected chi connectivity index (χ2v) is 4.89. The molecule has 0 saturated carbocycles. The van der Waals surface area contributed by atoms with Gasteiger partial charge < -0.3 is 0 Å². The van der Waals surface area contributed by atoms with E-state index < -0.39 is 0 Å². The quantitative estimate of drug-likeness (QED) is 0.598. The van der Waals surface area contributed by atoms with E-state index in [0.29, 0.717) is 11.4 Å². The van der Waals surface area contributed by atoms with E-state index in [4.69, 9.17) is 11.6 Å². The Morgan fingerprint density at radius 1 is 1.50 bits per heavy atom. The van der Waals surface area contributed by atoms with Gasteiger partial charge in [-0.15, -0.1) is 22.9 Å². The Morgan fingerprint density at radius 3 is 2.93 bits per heavy atom. The van der Waals surface area contributed by atoms with Crippen molar-refractivity contribution in [2.24, 2.45) is 0 Å². The molecule has 2 aromatic rings. The van der Waals surface area contributed by atoms with Crippen LogP contribution in [0.3, 0.4) is 0 Å². The number of rotatable bonds is 2. The largest absolute Gasteiger partial charge is 0.298 e. The number of alkyl halides is 1. The molecule has 0 N–H and O–H groups in total. The average Bonchev–Trinajstić information content (AvgIpc) is 2.59. The molecule has 0 fully saturated rings. The summed E-state index contributed by atoms with van der Waals surface area (Å²) in [5.41, 5.74) is 1.69. The van der Waals surface area contributed by atoms with E-state index in [1.807, 2.05) is 17.5 Å². The maximum atomic E-state index is 10.7. The molecule has 14 heavy (non-hydrogen) atoms.